The summed E-state index contributed by atoms with van der Waals surface area (Å²) in [6.07, 6.45) is 6.52. The molecule has 1 fully saturated rings. The van der Waals surface area contributed by atoms with Crippen LogP contribution in [-0.2, 0) is 7.05 Å². The van der Waals surface area contributed by atoms with Crippen molar-refractivity contribution in [3.8, 4) is 5.75 Å². The van der Waals surface area contributed by atoms with Gasteiger partial charge >= 0.3 is 0 Å². The lowest BCUT2D eigenvalue weighted by Gasteiger charge is -1.96. The summed E-state index contributed by atoms with van der Waals surface area (Å²) in [5.74, 6) is 0.894. The minimum absolute atomic E-state index is 0.476. The van der Waals surface area contributed by atoms with Crippen LogP contribution in [0.2, 0.25) is 0 Å². The highest BCUT2D eigenvalue weighted by atomic mass is 16.5. The number of rotatable bonds is 2. The van der Waals surface area contributed by atoms with Gasteiger partial charge in [0.15, 0.2) is 5.75 Å². The molecule has 0 radical (unpaired) electrons. The number of nitrogens with zero attached hydrogens (tertiary/aromatic N) is 2. The van der Waals surface area contributed by atoms with Gasteiger partial charge in [-0.1, -0.05) is 0 Å². The molecule has 0 aromatic carbocycles. The van der Waals surface area contributed by atoms with Gasteiger partial charge in [-0.3, -0.25) is 4.68 Å². The van der Waals surface area contributed by atoms with Crippen LogP contribution >= 0.6 is 0 Å². The van der Waals surface area contributed by atoms with Crippen LogP contribution in [0.3, 0.4) is 0 Å². The average molecular weight is 138 g/mol. The maximum Gasteiger partial charge on any atom is 0.157 e. The van der Waals surface area contributed by atoms with E-state index in [1.807, 2.05) is 13.2 Å². The summed E-state index contributed by atoms with van der Waals surface area (Å²) in [7, 11) is 1.89. The zero-order chi connectivity index (χ0) is 6.97. The van der Waals surface area contributed by atoms with Gasteiger partial charge in [-0.15, -0.1) is 0 Å². The van der Waals surface area contributed by atoms with Crippen LogP contribution in [0.5, 0.6) is 5.75 Å². The first-order chi connectivity index (χ1) is 4.84. The molecule has 1 heterocycles. The van der Waals surface area contributed by atoms with Crippen molar-refractivity contribution < 1.29 is 4.74 Å². The molecule has 0 saturated heterocycles. The predicted molar refractivity (Wildman–Crippen MR) is 36.9 cm³/mol. The van der Waals surface area contributed by atoms with Crippen molar-refractivity contribution in [2.45, 2.75) is 18.9 Å². The maximum atomic E-state index is 5.46. The molecule has 0 unspecified atom stereocenters. The lowest BCUT2D eigenvalue weighted by atomic mass is 10.6. The van der Waals surface area contributed by atoms with Crippen LogP contribution in [0.4, 0.5) is 0 Å². The molecule has 1 aromatic heterocycles. The molecule has 2 rings (SSSR count). The quantitative estimate of drug-likeness (QED) is 0.608. The van der Waals surface area contributed by atoms with E-state index in [2.05, 4.69) is 5.10 Å². The Hall–Kier alpha value is -0.990. The second kappa shape index (κ2) is 2.01. The molecular formula is C7H10N2O. The Morgan fingerprint density at radius 1 is 1.70 bits per heavy atom. The van der Waals surface area contributed by atoms with E-state index < -0.39 is 0 Å². The fourth-order valence-corrected chi connectivity index (χ4v) is 0.838. The Kier molecular flexibility index (Phi) is 1.16. The molecule has 1 aliphatic carbocycles. The van der Waals surface area contributed by atoms with E-state index >= 15 is 0 Å². The first-order valence-corrected chi connectivity index (χ1v) is 3.50. The maximum absolute atomic E-state index is 5.46. The molecule has 3 heteroatoms. The highest BCUT2D eigenvalue weighted by Gasteiger charge is 2.23. The first-order valence-electron chi connectivity index (χ1n) is 3.50. The first kappa shape index (κ1) is 5.77. The Balaban J connectivity index is 2.03. The van der Waals surface area contributed by atoms with Gasteiger partial charge in [-0.25, -0.2) is 0 Å². The van der Waals surface area contributed by atoms with E-state index in [0.29, 0.717) is 6.10 Å². The second-order valence-electron chi connectivity index (χ2n) is 2.67. The second-order valence-corrected chi connectivity index (χ2v) is 2.67. The summed E-state index contributed by atoms with van der Waals surface area (Å²) in [5.41, 5.74) is 0. The van der Waals surface area contributed by atoms with Crippen molar-refractivity contribution in [1.29, 1.82) is 0 Å². The molecule has 1 saturated carbocycles. The number of aryl methyl sites for hydroxylation is 1. The zero-order valence-corrected chi connectivity index (χ0v) is 5.95. The molecule has 0 atom stereocenters. The van der Waals surface area contributed by atoms with E-state index in [1.165, 1.54) is 12.8 Å². The largest absolute Gasteiger partial charge is 0.487 e. The standard InChI is InChI=1S/C7H10N2O/c1-9-5-7(4-8-9)10-6-2-3-6/h4-6H,2-3H2,1H3. The van der Waals surface area contributed by atoms with E-state index in [1.54, 1.807) is 10.9 Å². The molecular weight excluding hydrogens is 128 g/mol. The summed E-state index contributed by atoms with van der Waals surface area (Å²) in [4.78, 5) is 0. The van der Waals surface area contributed by atoms with Crippen LogP contribution in [0.1, 0.15) is 12.8 Å². The van der Waals surface area contributed by atoms with Crippen molar-refractivity contribution >= 4 is 0 Å². The molecule has 0 aliphatic heterocycles. The van der Waals surface area contributed by atoms with Crippen molar-refractivity contribution in [1.82, 2.24) is 9.78 Å². The molecule has 0 bridgehead atoms. The highest BCUT2D eigenvalue weighted by molar-refractivity contribution is 5.12. The van der Waals surface area contributed by atoms with Gasteiger partial charge in [0, 0.05) is 7.05 Å². The summed E-state index contributed by atoms with van der Waals surface area (Å²) in [5, 5.41) is 3.99. The topological polar surface area (TPSA) is 27.1 Å². The molecule has 3 nitrogen and oxygen atoms in total. The van der Waals surface area contributed by atoms with Gasteiger partial charge < -0.3 is 4.74 Å². The summed E-state index contributed by atoms with van der Waals surface area (Å²) < 4.78 is 7.21. The van der Waals surface area contributed by atoms with Crippen LogP contribution < -0.4 is 4.74 Å². The predicted octanol–water partition coefficient (Wildman–Crippen LogP) is 0.961. The number of hydrogen-bond donors (Lipinski definition) is 0. The van der Waals surface area contributed by atoms with E-state index in [4.69, 9.17) is 4.74 Å². The summed E-state index contributed by atoms with van der Waals surface area (Å²) >= 11 is 0. The lowest BCUT2D eigenvalue weighted by Crippen LogP contribution is -1.93. The molecule has 1 aliphatic rings. The van der Waals surface area contributed by atoms with Crippen LogP contribution in [0.15, 0.2) is 12.4 Å². The fraction of sp³-hybridized carbons (Fsp3) is 0.571. The third-order valence-corrected chi connectivity index (χ3v) is 1.51. The smallest absolute Gasteiger partial charge is 0.157 e. The minimum atomic E-state index is 0.476. The number of hydrogen-bond acceptors (Lipinski definition) is 2. The van der Waals surface area contributed by atoms with E-state index in [0.717, 1.165) is 5.75 Å². The lowest BCUT2D eigenvalue weighted by molar-refractivity contribution is 0.303. The van der Waals surface area contributed by atoms with Gasteiger partial charge in [-0.2, -0.15) is 5.10 Å². The molecule has 10 heavy (non-hydrogen) atoms. The highest BCUT2D eigenvalue weighted by Crippen LogP contribution is 2.25. The molecule has 1 aromatic rings. The summed E-state index contributed by atoms with van der Waals surface area (Å²) in [6, 6.07) is 0. The Morgan fingerprint density at radius 3 is 3.00 bits per heavy atom. The Labute approximate surface area is 59.6 Å². The van der Waals surface area contributed by atoms with Crippen LogP contribution in [0, 0.1) is 0 Å². The SMILES string of the molecule is Cn1cc(OC2CC2)cn1. The van der Waals surface area contributed by atoms with Crippen molar-refractivity contribution in [2.75, 3.05) is 0 Å². The van der Waals surface area contributed by atoms with Crippen molar-refractivity contribution in [2.24, 2.45) is 7.05 Å². The van der Waals surface area contributed by atoms with Gasteiger partial charge in [0.05, 0.1) is 18.5 Å². The molecule has 54 valence electrons. The van der Waals surface area contributed by atoms with Crippen molar-refractivity contribution in [3.63, 3.8) is 0 Å². The van der Waals surface area contributed by atoms with Crippen LogP contribution in [-0.4, -0.2) is 15.9 Å². The van der Waals surface area contributed by atoms with Gasteiger partial charge in [0.1, 0.15) is 0 Å². The zero-order valence-electron chi connectivity index (χ0n) is 5.95. The molecule has 0 N–H and O–H groups in total. The van der Waals surface area contributed by atoms with Gasteiger partial charge in [-0.05, 0) is 12.8 Å². The third-order valence-electron chi connectivity index (χ3n) is 1.51. The van der Waals surface area contributed by atoms with Gasteiger partial charge in [0.25, 0.3) is 0 Å². The third kappa shape index (κ3) is 1.12. The summed E-state index contributed by atoms with van der Waals surface area (Å²) in [6.45, 7) is 0. The number of ether oxygens (including phenoxy) is 1. The fourth-order valence-electron chi connectivity index (χ4n) is 0.838. The average Bonchev–Trinajstić information content (AvgIpc) is 2.59. The molecule has 0 amide bonds. The number of aromatic nitrogens is 2. The van der Waals surface area contributed by atoms with E-state index in [-0.39, 0.29) is 0 Å². The monoisotopic (exact) mass is 138 g/mol. The van der Waals surface area contributed by atoms with E-state index in [9.17, 15) is 0 Å². The van der Waals surface area contributed by atoms with Crippen molar-refractivity contribution in [3.05, 3.63) is 12.4 Å². The Bertz CT molecular complexity index is 227. The van der Waals surface area contributed by atoms with Crippen LogP contribution in [0.25, 0.3) is 0 Å². The minimum Gasteiger partial charge on any atom is -0.487 e. The normalized spacial score (nSPS) is 17.3. The van der Waals surface area contributed by atoms with Gasteiger partial charge in [0.2, 0.25) is 0 Å². The Morgan fingerprint density at radius 2 is 2.50 bits per heavy atom. The molecule has 0 spiro atoms.